The van der Waals surface area contributed by atoms with E-state index in [2.05, 4.69) is 5.32 Å². The van der Waals surface area contributed by atoms with Crippen LogP contribution in [0.15, 0.2) is 29.2 Å². The molecule has 0 heterocycles. The number of hydrogen-bond acceptors (Lipinski definition) is 4. The van der Waals surface area contributed by atoms with Gasteiger partial charge in [-0.25, -0.2) is 8.42 Å². The summed E-state index contributed by atoms with van der Waals surface area (Å²) in [6.07, 6.45) is 4.16. The molecule has 5 nitrogen and oxygen atoms in total. The third kappa shape index (κ3) is 3.37. The largest absolute Gasteiger partial charge is 0.349 e. The smallest absolute Gasteiger partial charge is 0.251 e. The van der Waals surface area contributed by atoms with Gasteiger partial charge in [-0.15, -0.1) is 0 Å². The van der Waals surface area contributed by atoms with Crippen molar-refractivity contribution in [2.75, 3.05) is 12.8 Å². The van der Waals surface area contributed by atoms with E-state index < -0.39 is 9.84 Å². The predicted molar refractivity (Wildman–Crippen MR) is 77.2 cm³/mol. The van der Waals surface area contributed by atoms with Crippen LogP contribution in [-0.4, -0.2) is 33.2 Å². The minimum Gasteiger partial charge on any atom is -0.349 e. The second-order valence-electron chi connectivity index (χ2n) is 5.31. The first-order chi connectivity index (χ1) is 9.41. The van der Waals surface area contributed by atoms with Gasteiger partial charge in [-0.2, -0.15) is 0 Å². The van der Waals surface area contributed by atoms with Crippen LogP contribution >= 0.6 is 0 Å². The first-order valence-corrected chi connectivity index (χ1v) is 8.62. The van der Waals surface area contributed by atoms with E-state index >= 15 is 0 Å². The zero-order valence-corrected chi connectivity index (χ0v) is 12.3. The van der Waals surface area contributed by atoms with Crippen molar-refractivity contribution in [3.63, 3.8) is 0 Å². The van der Waals surface area contributed by atoms with Gasteiger partial charge in [0.05, 0.1) is 4.90 Å². The van der Waals surface area contributed by atoms with Gasteiger partial charge < -0.3 is 11.1 Å². The molecule has 0 aliphatic heterocycles. The highest BCUT2D eigenvalue weighted by atomic mass is 32.2. The van der Waals surface area contributed by atoms with Crippen molar-refractivity contribution in [3.8, 4) is 0 Å². The fourth-order valence-electron chi connectivity index (χ4n) is 2.63. The molecule has 1 aliphatic rings. The first-order valence-electron chi connectivity index (χ1n) is 6.73. The van der Waals surface area contributed by atoms with Gasteiger partial charge in [0.25, 0.3) is 5.91 Å². The van der Waals surface area contributed by atoms with Crippen molar-refractivity contribution < 1.29 is 13.2 Å². The number of carbonyl (C=O) groups is 1. The first kappa shape index (κ1) is 15.0. The predicted octanol–water partition coefficient (Wildman–Crippen LogP) is 0.947. The standard InChI is InChI=1S/C14H20N2O3S/c1-20(18,19)12-6-2-4-10(8-12)14(17)16-13-7-3-5-11(13)9-15/h2,4,6,8,11,13H,3,5,7,9,15H2,1H3,(H,16,17). The Balaban J connectivity index is 2.14. The molecule has 0 saturated heterocycles. The second-order valence-corrected chi connectivity index (χ2v) is 7.32. The van der Waals surface area contributed by atoms with E-state index in [9.17, 15) is 13.2 Å². The van der Waals surface area contributed by atoms with Crippen molar-refractivity contribution in [2.45, 2.75) is 30.2 Å². The Labute approximate surface area is 119 Å². The van der Waals surface area contributed by atoms with Crippen LogP contribution in [0.5, 0.6) is 0 Å². The Morgan fingerprint density at radius 1 is 1.40 bits per heavy atom. The lowest BCUT2D eigenvalue weighted by Crippen LogP contribution is -2.39. The second kappa shape index (κ2) is 5.93. The van der Waals surface area contributed by atoms with Gasteiger partial charge in [0.15, 0.2) is 9.84 Å². The molecule has 1 aromatic rings. The molecule has 2 atom stereocenters. The van der Waals surface area contributed by atoms with E-state index in [4.69, 9.17) is 5.73 Å². The molecule has 6 heteroatoms. The van der Waals surface area contributed by atoms with E-state index in [0.29, 0.717) is 18.0 Å². The third-order valence-electron chi connectivity index (χ3n) is 3.80. The van der Waals surface area contributed by atoms with Gasteiger partial charge >= 0.3 is 0 Å². The summed E-state index contributed by atoms with van der Waals surface area (Å²) in [4.78, 5) is 12.4. The molecule has 0 bridgehead atoms. The lowest BCUT2D eigenvalue weighted by molar-refractivity contribution is 0.0928. The fraction of sp³-hybridized carbons (Fsp3) is 0.500. The highest BCUT2D eigenvalue weighted by Gasteiger charge is 2.27. The van der Waals surface area contributed by atoms with Crippen molar-refractivity contribution in [1.82, 2.24) is 5.32 Å². The van der Waals surface area contributed by atoms with E-state index in [-0.39, 0.29) is 16.8 Å². The van der Waals surface area contributed by atoms with Crippen LogP contribution in [-0.2, 0) is 9.84 Å². The molecular formula is C14H20N2O3S. The lowest BCUT2D eigenvalue weighted by atomic mass is 10.0. The van der Waals surface area contributed by atoms with Crippen LogP contribution in [0.4, 0.5) is 0 Å². The highest BCUT2D eigenvalue weighted by molar-refractivity contribution is 7.90. The maximum Gasteiger partial charge on any atom is 0.251 e. The fourth-order valence-corrected chi connectivity index (χ4v) is 3.30. The number of benzene rings is 1. The van der Waals surface area contributed by atoms with Crippen LogP contribution in [0.25, 0.3) is 0 Å². The Kier molecular flexibility index (Phi) is 4.45. The summed E-state index contributed by atoms with van der Waals surface area (Å²) < 4.78 is 23.0. The zero-order valence-electron chi connectivity index (χ0n) is 11.5. The molecule has 1 saturated carbocycles. The van der Waals surface area contributed by atoms with Crippen LogP contribution < -0.4 is 11.1 Å². The van der Waals surface area contributed by atoms with E-state index in [1.807, 2.05) is 0 Å². The molecule has 1 fully saturated rings. The monoisotopic (exact) mass is 296 g/mol. The van der Waals surface area contributed by atoms with Gasteiger partial charge in [-0.05, 0) is 43.5 Å². The van der Waals surface area contributed by atoms with Crippen LogP contribution in [0.2, 0.25) is 0 Å². The van der Waals surface area contributed by atoms with Gasteiger partial charge in [-0.1, -0.05) is 12.5 Å². The summed E-state index contributed by atoms with van der Waals surface area (Å²) in [6, 6.07) is 6.20. The topological polar surface area (TPSA) is 89.3 Å². The van der Waals surface area contributed by atoms with Crippen molar-refractivity contribution in [3.05, 3.63) is 29.8 Å². The Morgan fingerprint density at radius 2 is 2.15 bits per heavy atom. The molecule has 1 amide bonds. The molecule has 1 aromatic carbocycles. The summed E-state index contributed by atoms with van der Waals surface area (Å²) in [7, 11) is -3.30. The number of amides is 1. The van der Waals surface area contributed by atoms with Crippen molar-refractivity contribution in [1.29, 1.82) is 0 Å². The summed E-state index contributed by atoms with van der Waals surface area (Å²) in [6.45, 7) is 0.564. The van der Waals surface area contributed by atoms with Gasteiger partial charge in [-0.3, -0.25) is 4.79 Å². The number of carbonyl (C=O) groups excluding carboxylic acids is 1. The highest BCUT2D eigenvalue weighted by Crippen LogP contribution is 2.25. The summed E-state index contributed by atoms with van der Waals surface area (Å²) >= 11 is 0. The molecule has 2 rings (SSSR count). The Bertz CT molecular complexity index is 598. The van der Waals surface area contributed by atoms with Gasteiger partial charge in [0.1, 0.15) is 0 Å². The SMILES string of the molecule is CS(=O)(=O)c1cccc(C(=O)NC2CCCC2CN)c1. The van der Waals surface area contributed by atoms with Crippen LogP contribution in [0.1, 0.15) is 29.6 Å². The van der Waals surface area contributed by atoms with Crippen molar-refractivity contribution in [2.24, 2.45) is 11.7 Å². The minimum absolute atomic E-state index is 0.0920. The molecule has 20 heavy (non-hydrogen) atoms. The maximum absolute atomic E-state index is 12.2. The minimum atomic E-state index is -3.30. The third-order valence-corrected chi connectivity index (χ3v) is 4.91. The summed E-state index contributed by atoms with van der Waals surface area (Å²) in [5, 5.41) is 2.96. The Morgan fingerprint density at radius 3 is 2.80 bits per heavy atom. The number of sulfone groups is 1. The quantitative estimate of drug-likeness (QED) is 0.865. The summed E-state index contributed by atoms with van der Waals surface area (Å²) in [5.41, 5.74) is 6.06. The van der Waals surface area contributed by atoms with Gasteiger partial charge in [0, 0.05) is 17.9 Å². The number of rotatable bonds is 4. The molecule has 3 N–H and O–H groups in total. The molecule has 0 radical (unpaired) electrons. The molecular weight excluding hydrogens is 276 g/mol. The molecule has 0 spiro atoms. The molecule has 0 aromatic heterocycles. The molecule has 110 valence electrons. The lowest BCUT2D eigenvalue weighted by Gasteiger charge is -2.19. The zero-order chi connectivity index (χ0) is 14.8. The average Bonchev–Trinajstić information content (AvgIpc) is 2.85. The normalized spacial score (nSPS) is 22.7. The van der Waals surface area contributed by atoms with Crippen LogP contribution in [0, 0.1) is 5.92 Å². The molecule has 2 unspecified atom stereocenters. The number of nitrogens with two attached hydrogens (primary N) is 1. The van der Waals surface area contributed by atoms with E-state index in [1.165, 1.54) is 12.1 Å². The number of nitrogens with one attached hydrogen (secondary N) is 1. The molecule has 1 aliphatic carbocycles. The van der Waals surface area contributed by atoms with E-state index in [1.54, 1.807) is 12.1 Å². The van der Waals surface area contributed by atoms with E-state index in [0.717, 1.165) is 25.5 Å². The average molecular weight is 296 g/mol. The maximum atomic E-state index is 12.2. The summed E-state index contributed by atoms with van der Waals surface area (Å²) in [5.74, 6) is 0.0814. The van der Waals surface area contributed by atoms with Crippen LogP contribution in [0.3, 0.4) is 0 Å². The van der Waals surface area contributed by atoms with Crippen molar-refractivity contribution >= 4 is 15.7 Å². The number of hydrogen-bond donors (Lipinski definition) is 2. The van der Waals surface area contributed by atoms with Gasteiger partial charge in [0.2, 0.25) is 0 Å². The Hall–Kier alpha value is -1.40.